The van der Waals surface area contributed by atoms with Crippen LogP contribution in [0.1, 0.15) is 47.8 Å². The Balaban J connectivity index is 0.00000294. The van der Waals surface area contributed by atoms with Crippen LogP contribution in [0.4, 0.5) is 10.2 Å². The van der Waals surface area contributed by atoms with Crippen molar-refractivity contribution in [1.29, 1.82) is 0 Å². The lowest BCUT2D eigenvalue weighted by molar-refractivity contribution is 0.0378. The minimum Gasteiger partial charge on any atom is -0.459 e. The first-order chi connectivity index (χ1) is 18.8. The second-order valence-corrected chi connectivity index (χ2v) is 10.6. The van der Waals surface area contributed by atoms with E-state index in [0.717, 1.165) is 52.4 Å². The Hall–Kier alpha value is -2.42. The maximum Gasteiger partial charge on any atom is 0.342 e. The van der Waals surface area contributed by atoms with Gasteiger partial charge in [-0.2, -0.15) is 0 Å². The first-order valence-electron chi connectivity index (χ1n) is 13.7. The van der Waals surface area contributed by atoms with E-state index in [1.165, 1.54) is 17.2 Å². The molecule has 4 rings (SSSR count). The van der Waals surface area contributed by atoms with E-state index in [1.807, 2.05) is 13.8 Å². The number of ether oxygens (including phenoxy) is 1. The van der Waals surface area contributed by atoms with Gasteiger partial charge in [0.1, 0.15) is 17.2 Å². The molecule has 1 saturated heterocycles. The van der Waals surface area contributed by atoms with E-state index < -0.39 is 0 Å². The van der Waals surface area contributed by atoms with Crippen molar-refractivity contribution in [2.45, 2.75) is 46.4 Å². The minimum atomic E-state index is -0.326. The molecule has 6 nitrogen and oxygen atoms in total. The Labute approximate surface area is 260 Å². The zero-order valence-electron chi connectivity index (χ0n) is 23.9. The average Bonchev–Trinajstić information content (AvgIpc) is 2.93. The fourth-order valence-corrected chi connectivity index (χ4v) is 5.12. The van der Waals surface area contributed by atoms with Gasteiger partial charge in [-0.05, 0) is 62.2 Å². The highest BCUT2D eigenvalue weighted by Crippen LogP contribution is 2.22. The summed E-state index contributed by atoms with van der Waals surface area (Å²) in [5, 5.41) is 0.491. The number of esters is 1. The van der Waals surface area contributed by atoms with Crippen molar-refractivity contribution in [2.75, 3.05) is 44.2 Å². The van der Waals surface area contributed by atoms with Gasteiger partial charge in [0.2, 0.25) is 0 Å². The monoisotopic (exact) mass is 624 g/mol. The molecule has 0 unspecified atom stereocenters. The van der Waals surface area contributed by atoms with Crippen molar-refractivity contribution in [3.8, 4) is 0 Å². The molecule has 0 atom stereocenters. The molecule has 0 radical (unpaired) electrons. The first kappa shape index (κ1) is 34.8. The van der Waals surface area contributed by atoms with Crippen molar-refractivity contribution in [3.05, 3.63) is 93.9 Å². The van der Waals surface area contributed by atoms with Crippen molar-refractivity contribution < 1.29 is 13.9 Å². The summed E-state index contributed by atoms with van der Waals surface area (Å²) in [5.41, 5.74) is 3.62. The molecule has 3 aromatic rings. The number of carbonyl (C=O) groups is 1. The van der Waals surface area contributed by atoms with E-state index >= 15 is 0 Å². The van der Waals surface area contributed by atoms with Crippen LogP contribution in [0.3, 0.4) is 0 Å². The molecular formula is C31H40Cl3FN4O2. The predicted molar refractivity (Wildman–Crippen MR) is 169 cm³/mol. The highest BCUT2D eigenvalue weighted by molar-refractivity contribution is 6.31. The zero-order chi connectivity index (χ0) is 27.8. The molecule has 41 heavy (non-hydrogen) atoms. The third kappa shape index (κ3) is 9.83. The van der Waals surface area contributed by atoms with E-state index in [4.69, 9.17) is 16.3 Å². The van der Waals surface area contributed by atoms with Crippen LogP contribution in [0.15, 0.2) is 60.8 Å². The van der Waals surface area contributed by atoms with Crippen molar-refractivity contribution >= 4 is 48.2 Å². The normalized spacial score (nSPS) is 13.6. The number of piperazine rings is 1. The molecule has 2 heterocycles. The number of aromatic nitrogens is 1. The molecular weight excluding hydrogens is 586 g/mol. The SMILES string of the molecule is CCN(CCc1c(F)cccc1Cl)Cc1ccc(CN2CCN(c3ncccc3C(=O)OC(C)C)CC2)cc1.Cl.Cl. The van der Waals surface area contributed by atoms with E-state index in [9.17, 15) is 9.18 Å². The van der Waals surface area contributed by atoms with Gasteiger partial charge in [-0.15, -0.1) is 24.8 Å². The molecule has 1 aliphatic heterocycles. The lowest BCUT2D eigenvalue weighted by Crippen LogP contribution is -2.46. The Bertz CT molecular complexity index is 1220. The van der Waals surface area contributed by atoms with Crippen LogP contribution in [0.5, 0.6) is 0 Å². The summed E-state index contributed by atoms with van der Waals surface area (Å²) >= 11 is 6.20. The lowest BCUT2D eigenvalue weighted by Gasteiger charge is -2.36. The molecule has 1 aromatic heterocycles. The number of anilines is 1. The third-order valence-corrected chi connectivity index (χ3v) is 7.40. The molecule has 2 aromatic carbocycles. The minimum absolute atomic E-state index is 0. The molecule has 10 heteroatoms. The number of hydrogen-bond donors (Lipinski definition) is 0. The maximum absolute atomic E-state index is 14.1. The second-order valence-electron chi connectivity index (χ2n) is 10.2. The van der Waals surface area contributed by atoms with Crippen LogP contribution in [0.25, 0.3) is 0 Å². The number of likely N-dealkylation sites (N-methyl/N-ethyl adjacent to an activating group) is 1. The largest absolute Gasteiger partial charge is 0.459 e. The van der Waals surface area contributed by atoms with Gasteiger partial charge in [0, 0.05) is 62.6 Å². The molecule has 1 aliphatic rings. The van der Waals surface area contributed by atoms with Crippen LogP contribution in [-0.4, -0.2) is 66.1 Å². The summed E-state index contributed by atoms with van der Waals surface area (Å²) in [6.45, 7) is 12.5. The summed E-state index contributed by atoms with van der Waals surface area (Å²) in [5.74, 6) is 0.135. The van der Waals surface area contributed by atoms with E-state index in [1.54, 1.807) is 30.5 Å². The number of benzene rings is 2. The number of pyridine rings is 1. The summed E-state index contributed by atoms with van der Waals surface area (Å²) < 4.78 is 19.5. The van der Waals surface area contributed by atoms with Crippen LogP contribution in [0.2, 0.25) is 5.02 Å². The van der Waals surface area contributed by atoms with Gasteiger partial charge >= 0.3 is 5.97 Å². The number of carbonyl (C=O) groups excluding carboxylic acids is 1. The summed E-state index contributed by atoms with van der Waals surface area (Å²) in [4.78, 5) is 23.9. The average molecular weight is 626 g/mol. The van der Waals surface area contributed by atoms with E-state index in [0.29, 0.717) is 28.4 Å². The number of rotatable bonds is 11. The van der Waals surface area contributed by atoms with Crippen molar-refractivity contribution in [1.82, 2.24) is 14.8 Å². The Morgan fingerprint density at radius 3 is 2.34 bits per heavy atom. The van der Waals surface area contributed by atoms with Crippen molar-refractivity contribution in [2.24, 2.45) is 0 Å². The van der Waals surface area contributed by atoms with Crippen molar-refractivity contribution in [3.63, 3.8) is 0 Å². The molecule has 1 fully saturated rings. The van der Waals surface area contributed by atoms with Crippen LogP contribution >= 0.6 is 36.4 Å². The molecule has 0 N–H and O–H groups in total. The van der Waals surface area contributed by atoms with Gasteiger partial charge in [0.25, 0.3) is 0 Å². The Kier molecular flexibility index (Phi) is 14.3. The Morgan fingerprint density at radius 2 is 1.71 bits per heavy atom. The smallest absolute Gasteiger partial charge is 0.342 e. The van der Waals surface area contributed by atoms with Gasteiger partial charge in [-0.3, -0.25) is 9.80 Å². The standard InChI is InChI=1S/C31H38ClFN4O2.2ClH/c1-4-35(16-14-26-28(32)8-5-9-29(26)33)21-24-10-12-25(13-11-24)22-36-17-19-37(20-18-36)30-27(7-6-15-34-30)31(38)39-23(2)3;;/h5-13,15,23H,4,14,16-22H2,1-3H3;2*1H. The number of hydrogen-bond acceptors (Lipinski definition) is 6. The molecule has 0 saturated carbocycles. The molecule has 0 bridgehead atoms. The van der Waals surface area contributed by atoms with E-state index in [2.05, 4.69) is 50.9 Å². The number of halogens is 4. The topological polar surface area (TPSA) is 48.9 Å². The highest BCUT2D eigenvalue weighted by atomic mass is 35.5. The summed E-state index contributed by atoms with van der Waals surface area (Å²) in [6, 6.07) is 17.2. The van der Waals surface area contributed by atoms with Gasteiger partial charge in [0.15, 0.2) is 0 Å². The van der Waals surface area contributed by atoms with Gasteiger partial charge in [-0.1, -0.05) is 48.9 Å². The fourth-order valence-electron chi connectivity index (χ4n) is 4.86. The number of nitrogens with zero attached hydrogens (tertiary/aromatic N) is 4. The van der Waals surface area contributed by atoms with Gasteiger partial charge in [0.05, 0.1) is 6.10 Å². The first-order valence-corrected chi connectivity index (χ1v) is 14.1. The molecule has 224 valence electrons. The van der Waals surface area contributed by atoms with Crippen LogP contribution in [0, 0.1) is 5.82 Å². The summed E-state index contributed by atoms with van der Waals surface area (Å²) in [7, 11) is 0. The van der Waals surface area contributed by atoms with Gasteiger partial charge < -0.3 is 9.64 Å². The molecule has 0 amide bonds. The summed E-state index contributed by atoms with van der Waals surface area (Å²) in [6.07, 6.45) is 2.14. The fraction of sp³-hybridized carbons (Fsp3) is 0.419. The van der Waals surface area contributed by atoms with Crippen LogP contribution < -0.4 is 4.90 Å². The quantitative estimate of drug-likeness (QED) is 0.222. The second kappa shape index (κ2) is 16.9. The zero-order valence-corrected chi connectivity index (χ0v) is 26.3. The molecule has 0 aliphatic carbocycles. The van der Waals surface area contributed by atoms with E-state index in [-0.39, 0.29) is 42.7 Å². The molecule has 0 spiro atoms. The third-order valence-electron chi connectivity index (χ3n) is 7.04. The van der Waals surface area contributed by atoms with Gasteiger partial charge in [-0.25, -0.2) is 14.2 Å². The lowest BCUT2D eigenvalue weighted by atomic mass is 10.1. The Morgan fingerprint density at radius 1 is 1.02 bits per heavy atom. The predicted octanol–water partition coefficient (Wildman–Crippen LogP) is 6.67. The maximum atomic E-state index is 14.1. The van der Waals surface area contributed by atoms with Crippen LogP contribution in [-0.2, 0) is 24.2 Å². The highest BCUT2D eigenvalue weighted by Gasteiger charge is 2.24.